The van der Waals surface area contributed by atoms with Crippen LogP contribution < -0.4 is 5.32 Å². The van der Waals surface area contributed by atoms with Gasteiger partial charge in [0.05, 0.1) is 11.4 Å². The first-order valence-corrected chi connectivity index (χ1v) is 8.62. The van der Waals surface area contributed by atoms with Gasteiger partial charge in [0.1, 0.15) is 6.54 Å². The van der Waals surface area contributed by atoms with Gasteiger partial charge in [-0.15, -0.1) is 11.8 Å². The third-order valence-electron chi connectivity index (χ3n) is 3.60. The average Bonchev–Trinajstić information content (AvgIpc) is 2.63. The number of pyridine rings is 1. The van der Waals surface area contributed by atoms with E-state index in [0.29, 0.717) is 12.3 Å². The summed E-state index contributed by atoms with van der Waals surface area (Å²) in [4.78, 5) is 30.0. The molecule has 1 aliphatic heterocycles. The van der Waals surface area contributed by atoms with Crippen molar-refractivity contribution < 1.29 is 9.59 Å². The van der Waals surface area contributed by atoms with Crippen molar-refractivity contribution in [2.24, 2.45) is 0 Å². The van der Waals surface area contributed by atoms with Gasteiger partial charge in [-0.25, -0.2) is 0 Å². The van der Waals surface area contributed by atoms with Crippen molar-refractivity contribution in [3.8, 4) is 0 Å². The van der Waals surface area contributed by atoms with E-state index in [2.05, 4.69) is 10.3 Å². The molecule has 0 radical (unpaired) electrons. The molecule has 122 valence electrons. The van der Waals surface area contributed by atoms with Gasteiger partial charge < -0.3 is 10.2 Å². The van der Waals surface area contributed by atoms with E-state index in [1.807, 2.05) is 47.9 Å². The lowest BCUT2D eigenvalue weighted by Gasteiger charge is -2.28. The molecule has 0 unspecified atom stereocenters. The Hall–Kier alpha value is -2.60. The van der Waals surface area contributed by atoms with Crippen molar-refractivity contribution in [1.29, 1.82) is 0 Å². The molecule has 0 atom stereocenters. The molecule has 0 spiro atoms. The fraction of sp³-hybridized carbons (Fsp3) is 0.167. The number of nitrogens with one attached hydrogen (secondary N) is 1. The van der Waals surface area contributed by atoms with E-state index in [0.717, 1.165) is 16.8 Å². The van der Waals surface area contributed by atoms with Crippen molar-refractivity contribution in [1.82, 2.24) is 15.2 Å². The number of thioether (sulfide) groups is 1. The Morgan fingerprint density at radius 1 is 1.17 bits per heavy atom. The van der Waals surface area contributed by atoms with Gasteiger partial charge in [-0.1, -0.05) is 30.3 Å². The first-order valence-electron chi connectivity index (χ1n) is 7.57. The standard InChI is InChI=1S/C18H17N3O2S/c22-17(20-10-14-6-8-19-9-7-14)11-21-16(12-24-13-18(21)23)15-4-2-1-3-5-15/h1-9,12H,10-11,13H2,(H,20,22). The van der Waals surface area contributed by atoms with Gasteiger partial charge >= 0.3 is 0 Å². The summed E-state index contributed by atoms with van der Waals surface area (Å²) in [6.45, 7) is 0.438. The largest absolute Gasteiger partial charge is 0.350 e. The maximum Gasteiger partial charge on any atom is 0.240 e. The third kappa shape index (κ3) is 4.02. The monoisotopic (exact) mass is 339 g/mol. The van der Waals surface area contributed by atoms with Crippen molar-refractivity contribution in [3.63, 3.8) is 0 Å². The number of aromatic nitrogens is 1. The molecule has 2 heterocycles. The lowest BCUT2D eigenvalue weighted by Crippen LogP contribution is -2.41. The number of nitrogens with zero attached hydrogens (tertiary/aromatic N) is 2. The van der Waals surface area contributed by atoms with Gasteiger partial charge in [0.2, 0.25) is 11.8 Å². The lowest BCUT2D eigenvalue weighted by molar-refractivity contribution is -0.131. The molecule has 24 heavy (non-hydrogen) atoms. The second-order valence-electron chi connectivity index (χ2n) is 5.29. The van der Waals surface area contributed by atoms with Crippen molar-refractivity contribution in [3.05, 3.63) is 71.4 Å². The van der Waals surface area contributed by atoms with Crippen LogP contribution >= 0.6 is 11.8 Å². The maximum atomic E-state index is 12.3. The summed E-state index contributed by atoms with van der Waals surface area (Å²) in [5.41, 5.74) is 2.67. The topological polar surface area (TPSA) is 62.3 Å². The van der Waals surface area contributed by atoms with Gasteiger partial charge in [0, 0.05) is 18.9 Å². The third-order valence-corrected chi connectivity index (χ3v) is 4.41. The molecule has 0 saturated heterocycles. The predicted molar refractivity (Wildman–Crippen MR) is 94.7 cm³/mol. The van der Waals surface area contributed by atoms with Gasteiger partial charge in [0.15, 0.2) is 0 Å². The minimum Gasteiger partial charge on any atom is -0.350 e. The molecule has 0 fully saturated rings. The Morgan fingerprint density at radius 2 is 1.92 bits per heavy atom. The molecule has 1 aromatic carbocycles. The molecule has 0 bridgehead atoms. The van der Waals surface area contributed by atoms with Crippen LogP contribution in [0.1, 0.15) is 11.1 Å². The normalized spacial score (nSPS) is 14.2. The van der Waals surface area contributed by atoms with E-state index < -0.39 is 0 Å². The highest BCUT2D eigenvalue weighted by molar-refractivity contribution is 8.03. The average molecular weight is 339 g/mol. The molecule has 0 aliphatic carbocycles. The molecule has 5 nitrogen and oxygen atoms in total. The summed E-state index contributed by atoms with van der Waals surface area (Å²) in [6, 6.07) is 13.3. The Labute approximate surface area is 144 Å². The minimum atomic E-state index is -0.186. The summed E-state index contributed by atoms with van der Waals surface area (Å²) < 4.78 is 0. The van der Waals surface area contributed by atoms with Crippen LogP contribution in [0.25, 0.3) is 5.70 Å². The molecule has 1 aromatic heterocycles. The summed E-state index contributed by atoms with van der Waals surface area (Å²) in [5, 5.41) is 4.78. The summed E-state index contributed by atoms with van der Waals surface area (Å²) in [5.74, 6) is 0.114. The van der Waals surface area contributed by atoms with Crippen LogP contribution in [0, 0.1) is 0 Å². The van der Waals surface area contributed by atoms with Crippen LogP contribution in [0.5, 0.6) is 0 Å². The molecule has 0 saturated carbocycles. The lowest BCUT2D eigenvalue weighted by atomic mass is 10.1. The number of amides is 2. The molecular formula is C18H17N3O2S. The molecular weight excluding hydrogens is 322 g/mol. The van der Waals surface area contributed by atoms with Crippen LogP contribution in [0.15, 0.2) is 60.3 Å². The van der Waals surface area contributed by atoms with E-state index in [-0.39, 0.29) is 18.4 Å². The van der Waals surface area contributed by atoms with Crippen LogP contribution in [0.2, 0.25) is 0 Å². The van der Waals surface area contributed by atoms with E-state index in [4.69, 9.17) is 0 Å². The molecule has 1 aliphatic rings. The molecule has 6 heteroatoms. The number of rotatable bonds is 5. The molecule has 3 rings (SSSR count). The smallest absolute Gasteiger partial charge is 0.240 e. The predicted octanol–water partition coefficient (Wildman–Crippen LogP) is 2.27. The van der Waals surface area contributed by atoms with Gasteiger partial charge in [-0.2, -0.15) is 0 Å². The van der Waals surface area contributed by atoms with Crippen LogP contribution in [-0.4, -0.2) is 34.0 Å². The van der Waals surface area contributed by atoms with E-state index in [9.17, 15) is 9.59 Å². The number of carbonyl (C=O) groups is 2. The van der Waals surface area contributed by atoms with Crippen LogP contribution in [-0.2, 0) is 16.1 Å². The minimum absolute atomic E-state index is 0.0191. The zero-order chi connectivity index (χ0) is 16.8. The summed E-state index contributed by atoms with van der Waals surface area (Å²) in [7, 11) is 0. The number of hydrogen-bond donors (Lipinski definition) is 1. The number of benzene rings is 1. The van der Waals surface area contributed by atoms with Crippen LogP contribution in [0.4, 0.5) is 0 Å². The second kappa shape index (κ2) is 7.79. The first kappa shape index (κ1) is 16.3. The highest BCUT2D eigenvalue weighted by atomic mass is 32.2. The van der Waals surface area contributed by atoms with Crippen molar-refractivity contribution in [2.75, 3.05) is 12.3 Å². The Balaban J connectivity index is 1.67. The highest BCUT2D eigenvalue weighted by Crippen LogP contribution is 2.27. The Morgan fingerprint density at radius 3 is 2.67 bits per heavy atom. The van der Waals surface area contributed by atoms with E-state index >= 15 is 0 Å². The number of carbonyl (C=O) groups excluding carboxylic acids is 2. The Bertz CT molecular complexity index is 747. The zero-order valence-electron chi connectivity index (χ0n) is 13.0. The Kier molecular flexibility index (Phi) is 5.28. The molecule has 1 N–H and O–H groups in total. The summed E-state index contributed by atoms with van der Waals surface area (Å²) >= 11 is 1.46. The zero-order valence-corrected chi connectivity index (χ0v) is 13.8. The fourth-order valence-electron chi connectivity index (χ4n) is 2.37. The van der Waals surface area contributed by atoms with Crippen molar-refractivity contribution >= 4 is 29.3 Å². The molecule has 2 aromatic rings. The van der Waals surface area contributed by atoms with Gasteiger partial charge in [-0.05, 0) is 28.7 Å². The van der Waals surface area contributed by atoms with Gasteiger partial charge in [0.25, 0.3) is 0 Å². The second-order valence-corrected chi connectivity index (χ2v) is 6.15. The highest BCUT2D eigenvalue weighted by Gasteiger charge is 2.25. The fourth-order valence-corrected chi connectivity index (χ4v) is 3.18. The van der Waals surface area contributed by atoms with Crippen molar-refractivity contribution in [2.45, 2.75) is 6.54 Å². The first-order chi connectivity index (χ1) is 11.7. The summed E-state index contributed by atoms with van der Waals surface area (Å²) in [6.07, 6.45) is 3.37. The van der Waals surface area contributed by atoms with E-state index in [1.54, 1.807) is 17.3 Å². The number of hydrogen-bond acceptors (Lipinski definition) is 4. The maximum absolute atomic E-state index is 12.3. The van der Waals surface area contributed by atoms with E-state index in [1.165, 1.54) is 11.8 Å². The van der Waals surface area contributed by atoms with Gasteiger partial charge in [-0.3, -0.25) is 14.6 Å². The SMILES string of the molecule is O=C(CN1C(=O)CSC=C1c1ccccc1)NCc1ccncc1. The quantitative estimate of drug-likeness (QED) is 0.908. The molecule has 2 amide bonds. The van der Waals surface area contributed by atoms with Crippen LogP contribution in [0.3, 0.4) is 0 Å².